The van der Waals surface area contributed by atoms with Crippen LogP contribution in [0.2, 0.25) is 0 Å². The quantitative estimate of drug-likeness (QED) is 0.654. The molecule has 28 heavy (non-hydrogen) atoms. The number of nitrogens with zero attached hydrogens (tertiary/aromatic N) is 1. The molecular formula is C24H25NO3. The predicted octanol–water partition coefficient (Wildman–Crippen LogP) is 4.03. The molecule has 2 atom stereocenters. The van der Waals surface area contributed by atoms with Crippen molar-refractivity contribution in [1.29, 1.82) is 0 Å². The van der Waals surface area contributed by atoms with Gasteiger partial charge in [-0.15, -0.1) is 0 Å². The van der Waals surface area contributed by atoms with Crippen LogP contribution in [0.1, 0.15) is 35.1 Å². The van der Waals surface area contributed by atoms with Crippen LogP contribution in [-0.4, -0.2) is 35.2 Å². The minimum absolute atomic E-state index is 0.132. The number of methoxy groups -OCH3 is 1. The average molecular weight is 375 g/mol. The van der Waals surface area contributed by atoms with Gasteiger partial charge in [0.1, 0.15) is 5.75 Å². The Hall–Kier alpha value is -2.59. The van der Waals surface area contributed by atoms with E-state index in [-0.39, 0.29) is 11.9 Å². The molecule has 0 saturated carbocycles. The number of carbonyl (C=O) groups is 1. The summed E-state index contributed by atoms with van der Waals surface area (Å²) in [5.74, 6) is 1.03. The van der Waals surface area contributed by atoms with Gasteiger partial charge in [0.25, 0.3) is 0 Å². The zero-order valence-electron chi connectivity index (χ0n) is 16.6. The number of fused-ring (bicyclic) bond motifs is 7. The minimum Gasteiger partial charge on any atom is -0.496 e. The van der Waals surface area contributed by atoms with Crippen LogP contribution in [0.5, 0.6) is 5.75 Å². The molecule has 1 N–H and O–H groups in total. The Morgan fingerprint density at radius 2 is 1.82 bits per heavy atom. The molecule has 0 radical (unpaired) electrons. The van der Waals surface area contributed by atoms with Crippen LogP contribution in [0.25, 0.3) is 21.5 Å². The number of aryl methyl sites for hydroxylation is 2. The van der Waals surface area contributed by atoms with E-state index in [1.807, 2.05) is 4.90 Å². The normalized spacial score (nSPS) is 21.7. The van der Waals surface area contributed by atoms with Crippen LogP contribution in [0.3, 0.4) is 0 Å². The number of hydrogen-bond acceptors (Lipinski definition) is 3. The maximum atomic E-state index is 12.6. The van der Waals surface area contributed by atoms with Crippen LogP contribution in [-0.2, 0) is 17.8 Å². The summed E-state index contributed by atoms with van der Waals surface area (Å²) in [4.78, 5) is 14.5. The number of aliphatic hydroxyl groups excluding tert-OH is 1. The van der Waals surface area contributed by atoms with Crippen molar-refractivity contribution >= 4 is 27.5 Å². The van der Waals surface area contributed by atoms with E-state index in [0.717, 1.165) is 11.3 Å². The second-order valence-electron chi connectivity index (χ2n) is 8.27. The third kappa shape index (κ3) is 2.44. The molecule has 5 rings (SSSR count). The molecule has 0 bridgehead atoms. The Morgan fingerprint density at radius 1 is 1.04 bits per heavy atom. The van der Waals surface area contributed by atoms with Crippen molar-refractivity contribution in [2.24, 2.45) is 0 Å². The first-order chi connectivity index (χ1) is 13.5. The van der Waals surface area contributed by atoms with Gasteiger partial charge >= 0.3 is 0 Å². The van der Waals surface area contributed by atoms with Crippen LogP contribution < -0.4 is 4.74 Å². The summed E-state index contributed by atoms with van der Waals surface area (Å²) in [6, 6.07) is 10.8. The SMILES string of the molecule is COc1cc2c3c(c4ccc(C)cc4c2cc1C)CN1C(=O)CCC(O)[C@@H]1C3. The highest BCUT2D eigenvalue weighted by Gasteiger charge is 2.39. The van der Waals surface area contributed by atoms with Gasteiger partial charge in [0, 0.05) is 13.0 Å². The van der Waals surface area contributed by atoms with E-state index in [9.17, 15) is 9.90 Å². The van der Waals surface area contributed by atoms with Gasteiger partial charge in [0.15, 0.2) is 0 Å². The number of ether oxygens (including phenoxy) is 1. The molecule has 2 heterocycles. The summed E-state index contributed by atoms with van der Waals surface area (Å²) >= 11 is 0. The highest BCUT2D eigenvalue weighted by Crippen LogP contribution is 2.42. The van der Waals surface area contributed by atoms with Crippen molar-refractivity contribution in [3.63, 3.8) is 0 Å². The average Bonchev–Trinajstić information content (AvgIpc) is 2.69. The lowest BCUT2D eigenvalue weighted by Gasteiger charge is -2.43. The van der Waals surface area contributed by atoms with Gasteiger partial charge in [-0.1, -0.05) is 23.8 Å². The van der Waals surface area contributed by atoms with E-state index in [2.05, 4.69) is 44.2 Å². The Labute approximate surface area is 164 Å². The summed E-state index contributed by atoms with van der Waals surface area (Å²) in [7, 11) is 1.71. The fourth-order valence-corrected chi connectivity index (χ4v) is 5.09. The minimum atomic E-state index is -0.457. The van der Waals surface area contributed by atoms with Gasteiger partial charge < -0.3 is 14.7 Å². The summed E-state index contributed by atoms with van der Waals surface area (Å²) in [6.45, 7) is 4.76. The van der Waals surface area contributed by atoms with Crippen molar-refractivity contribution in [2.45, 2.75) is 51.8 Å². The standard InChI is InChI=1S/C24H25NO3/c1-13-4-5-15-16(8-13)17-9-14(2)23(28-3)11-19(17)18-10-21-22(26)6-7-24(27)25(21)12-20(15)18/h4-5,8-9,11,21-22,26H,6-7,10,12H2,1-3H3/t21-,22?/m0/s1. The van der Waals surface area contributed by atoms with E-state index in [1.165, 1.54) is 38.2 Å². The maximum Gasteiger partial charge on any atom is 0.223 e. The molecule has 1 fully saturated rings. The van der Waals surface area contributed by atoms with Gasteiger partial charge in [-0.25, -0.2) is 0 Å². The molecule has 4 heteroatoms. The van der Waals surface area contributed by atoms with Crippen molar-refractivity contribution in [3.8, 4) is 5.75 Å². The van der Waals surface area contributed by atoms with Crippen LogP contribution in [0.15, 0.2) is 30.3 Å². The van der Waals surface area contributed by atoms with Crippen LogP contribution in [0, 0.1) is 13.8 Å². The topological polar surface area (TPSA) is 49.8 Å². The van der Waals surface area contributed by atoms with Crippen LogP contribution in [0.4, 0.5) is 0 Å². The van der Waals surface area contributed by atoms with Gasteiger partial charge in [-0.3, -0.25) is 4.79 Å². The first-order valence-corrected chi connectivity index (χ1v) is 9.98. The lowest BCUT2D eigenvalue weighted by Crippen LogP contribution is -2.54. The van der Waals surface area contributed by atoms with E-state index in [1.54, 1.807) is 7.11 Å². The first kappa shape index (κ1) is 17.5. The zero-order valence-corrected chi connectivity index (χ0v) is 16.6. The third-order valence-electron chi connectivity index (χ3n) is 6.58. The number of piperidine rings is 1. The molecule has 2 aliphatic heterocycles. The second-order valence-corrected chi connectivity index (χ2v) is 8.27. The predicted molar refractivity (Wildman–Crippen MR) is 111 cm³/mol. The molecule has 1 unspecified atom stereocenters. The maximum absolute atomic E-state index is 12.6. The molecule has 4 nitrogen and oxygen atoms in total. The Balaban J connectivity index is 1.86. The molecule has 0 spiro atoms. The van der Waals surface area contributed by atoms with Gasteiger partial charge in [0.05, 0.1) is 19.3 Å². The molecule has 1 amide bonds. The fraction of sp³-hybridized carbons (Fsp3) is 0.375. The summed E-state index contributed by atoms with van der Waals surface area (Å²) in [6.07, 6.45) is 1.23. The number of hydrogen-bond donors (Lipinski definition) is 1. The van der Waals surface area contributed by atoms with E-state index in [4.69, 9.17) is 4.74 Å². The van der Waals surface area contributed by atoms with Crippen molar-refractivity contribution in [3.05, 3.63) is 52.6 Å². The number of benzene rings is 3. The van der Waals surface area contributed by atoms with Gasteiger partial charge in [-0.05, 0) is 77.1 Å². The van der Waals surface area contributed by atoms with E-state index < -0.39 is 6.10 Å². The smallest absolute Gasteiger partial charge is 0.223 e. The Bertz CT molecular complexity index is 1130. The highest BCUT2D eigenvalue weighted by molar-refractivity contribution is 6.12. The second kappa shape index (κ2) is 6.21. The highest BCUT2D eigenvalue weighted by atomic mass is 16.5. The molecule has 0 aliphatic carbocycles. The molecule has 0 aromatic heterocycles. The molecule has 1 saturated heterocycles. The molecule has 3 aromatic carbocycles. The monoisotopic (exact) mass is 375 g/mol. The van der Waals surface area contributed by atoms with Gasteiger partial charge in [-0.2, -0.15) is 0 Å². The van der Waals surface area contributed by atoms with Gasteiger partial charge in [0.2, 0.25) is 5.91 Å². The Kier molecular flexibility index (Phi) is 3.88. The lowest BCUT2D eigenvalue weighted by atomic mass is 9.81. The molecule has 144 valence electrons. The number of rotatable bonds is 1. The van der Waals surface area contributed by atoms with E-state index in [0.29, 0.717) is 25.8 Å². The van der Waals surface area contributed by atoms with E-state index >= 15 is 0 Å². The molecular weight excluding hydrogens is 350 g/mol. The summed E-state index contributed by atoms with van der Waals surface area (Å²) in [5.41, 5.74) is 4.80. The van der Waals surface area contributed by atoms with Crippen molar-refractivity contribution in [1.82, 2.24) is 4.90 Å². The molecule has 2 aliphatic rings. The number of carbonyl (C=O) groups excluding carboxylic acids is 1. The number of aliphatic hydroxyl groups is 1. The molecule has 3 aromatic rings. The summed E-state index contributed by atoms with van der Waals surface area (Å²) in [5, 5.41) is 15.4. The lowest BCUT2D eigenvalue weighted by molar-refractivity contribution is -0.143. The number of amides is 1. The first-order valence-electron chi connectivity index (χ1n) is 9.98. The van der Waals surface area contributed by atoms with Crippen LogP contribution >= 0.6 is 0 Å². The third-order valence-corrected chi connectivity index (χ3v) is 6.58. The Morgan fingerprint density at radius 3 is 2.61 bits per heavy atom. The van der Waals surface area contributed by atoms with Crippen molar-refractivity contribution in [2.75, 3.05) is 7.11 Å². The fourth-order valence-electron chi connectivity index (χ4n) is 5.09. The van der Waals surface area contributed by atoms with Crippen molar-refractivity contribution < 1.29 is 14.6 Å². The summed E-state index contributed by atoms with van der Waals surface area (Å²) < 4.78 is 5.61. The largest absolute Gasteiger partial charge is 0.496 e. The zero-order chi connectivity index (χ0) is 19.6.